The molecule has 3 aromatic carbocycles. The minimum atomic E-state index is -0.248. The van der Waals surface area contributed by atoms with Gasteiger partial charge in [-0.25, -0.2) is 0 Å². The number of halogens is 2. The number of amides is 1. The van der Waals surface area contributed by atoms with Gasteiger partial charge in [0.25, 0.3) is 5.91 Å². The first-order valence-corrected chi connectivity index (χ1v) is 7.80. The van der Waals surface area contributed by atoms with E-state index in [-0.39, 0.29) is 24.8 Å². The first-order chi connectivity index (χ1) is 11.1. The number of anilines is 1. The van der Waals surface area contributed by atoms with Crippen molar-refractivity contribution in [2.75, 3.05) is 5.32 Å². The molecule has 1 radical (unpaired) electrons. The van der Waals surface area contributed by atoms with E-state index in [1.54, 1.807) is 18.2 Å². The summed E-state index contributed by atoms with van der Waals surface area (Å²) in [7, 11) is 0. The molecule has 0 unspecified atom stereocenters. The minimum Gasteiger partial charge on any atom is -0.322 e. The average molecular weight is 349 g/mol. The Kier molecular flexibility index (Phi) is 6.54. The van der Waals surface area contributed by atoms with Crippen LogP contribution in [-0.2, 0) is 0 Å². The molecule has 0 bridgehead atoms. The van der Waals surface area contributed by atoms with Crippen LogP contribution in [0.1, 0.15) is 10.4 Å². The monoisotopic (exact) mass is 348 g/mol. The van der Waals surface area contributed by atoms with Gasteiger partial charge in [-0.1, -0.05) is 65.7 Å². The van der Waals surface area contributed by atoms with Gasteiger partial charge in [0.15, 0.2) is 0 Å². The van der Waals surface area contributed by atoms with Gasteiger partial charge in [0.1, 0.15) is 0 Å². The van der Waals surface area contributed by atoms with Gasteiger partial charge in [0, 0.05) is 40.2 Å². The number of hydrogen-bond acceptors (Lipinski definition) is 1. The topological polar surface area (TPSA) is 29.1 Å². The molecule has 3 rings (SSSR count). The zero-order chi connectivity index (χ0) is 16.2. The maximum atomic E-state index is 12.2. The number of hydrogen-bond donors (Lipinski definition) is 1. The summed E-state index contributed by atoms with van der Waals surface area (Å²) in [6.45, 7) is 0. The predicted octanol–water partition coefficient (Wildman–Crippen LogP) is 5.53. The molecular formula is C19H13Cl2LiNO. The van der Waals surface area contributed by atoms with Crippen molar-refractivity contribution in [2.45, 2.75) is 0 Å². The molecule has 0 aliphatic carbocycles. The number of carbonyl (C=O) groups is 1. The maximum Gasteiger partial charge on any atom is 0.255 e. The third-order valence-corrected chi connectivity index (χ3v) is 3.81. The van der Waals surface area contributed by atoms with Crippen molar-refractivity contribution >= 4 is 53.7 Å². The van der Waals surface area contributed by atoms with E-state index in [4.69, 9.17) is 23.2 Å². The van der Waals surface area contributed by atoms with Crippen molar-refractivity contribution in [3.05, 3.63) is 88.4 Å². The van der Waals surface area contributed by atoms with Crippen molar-refractivity contribution in [3.63, 3.8) is 0 Å². The zero-order valence-corrected chi connectivity index (χ0v) is 14.6. The van der Waals surface area contributed by atoms with Crippen LogP contribution in [0.2, 0.25) is 10.0 Å². The van der Waals surface area contributed by atoms with Gasteiger partial charge < -0.3 is 5.32 Å². The Labute approximate surface area is 163 Å². The van der Waals surface area contributed by atoms with Gasteiger partial charge in [-0.15, -0.1) is 0 Å². The molecule has 3 aromatic rings. The van der Waals surface area contributed by atoms with Crippen LogP contribution in [0.4, 0.5) is 5.69 Å². The van der Waals surface area contributed by atoms with E-state index < -0.39 is 0 Å². The normalized spacial score (nSPS) is 9.92. The van der Waals surface area contributed by atoms with Crippen molar-refractivity contribution in [3.8, 4) is 11.1 Å². The largest absolute Gasteiger partial charge is 0.322 e. The molecule has 0 aromatic heterocycles. The standard InChI is InChI=1S/C19H13Cl2NO.Li/c20-16-10-15(11-17(21)12-16)19(23)22-18-8-6-14(7-9-18)13-4-2-1-3-5-13;/h1-12H,(H,22,23);. The summed E-state index contributed by atoms with van der Waals surface area (Å²) >= 11 is 11.8. The first-order valence-electron chi connectivity index (χ1n) is 7.05. The van der Waals surface area contributed by atoms with Crippen LogP contribution in [-0.4, -0.2) is 24.8 Å². The molecule has 0 heterocycles. The predicted molar refractivity (Wildman–Crippen MR) is 102 cm³/mol. The van der Waals surface area contributed by atoms with Crippen molar-refractivity contribution in [2.24, 2.45) is 0 Å². The molecule has 0 saturated carbocycles. The van der Waals surface area contributed by atoms with Gasteiger partial charge >= 0.3 is 0 Å². The second-order valence-electron chi connectivity index (χ2n) is 5.06. The van der Waals surface area contributed by atoms with E-state index in [1.807, 2.05) is 54.6 Å². The Morgan fingerprint density at radius 3 is 1.88 bits per heavy atom. The van der Waals surface area contributed by atoms with Crippen LogP contribution in [0, 0.1) is 0 Å². The zero-order valence-electron chi connectivity index (χ0n) is 13.1. The molecule has 1 amide bonds. The third kappa shape index (κ3) is 4.66. The van der Waals surface area contributed by atoms with Crippen LogP contribution >= 0.6 is 23.2 Å². The Morgan fingerprint density at radius 2 is 1.29 bits per heavy atom. The molecule has 2 nitrogen and oxygen atoms in total. The molecule has 0 atom stereocenters. The summed E-state index contributed by atoms with van der Waals surface area (Å²) in [5.41, 5.74) is 3.36. The maximum absolute atomic E-state index is 12.2. The molecule has 0 aliphatic heterocycles. The quantitative estimate of drug-likeness (QED) is 0.619. The molecule has 24 heavy (non-hydrogen) atoms. The molecule has 1 N–H and O–H groups in total. The molecule has 115 valence electrons. The summed E-state index contributed by atoms with van der Waals surface area (Å²) in [5.74, 6) is -0.248. The molecule has 0 aliphatic rings. The Hall–Kier alpha value is -1.69. The Balaban J connectivity index is 0.00000208. The number of rotatable bonds is 3. The van der Waals surface area contributed by atoms with Crippen molar-refractivity contribution < 1.29 is 4.79 Å². The van der Waals surface area contributed by atoms with Gasteiger partial charge in [-0.3, -0.25) is 4.79 Å². The van der Waals surface area contributed by atoms with Gasteiger partial charge in [-0.05, 0) is 41.5 Å². The SMILES string of the molecule is O=C(Nc1ccc(-c2ccccc2)cc1)c1cc(Cl)cc(Cl)c1.[Li]. The van der Waals surface area contributed by atoms with Crippen LogP contribution in [0.15, 0.2) is 72.8 Å². The molecular weight excluding hydrogens is 336 g/mol. The first kappa shape index (κ1) is 18.6. The molecule has 5 heteroatoms. The van der Waals surface area contributed by atoms with Crippen molar-refractivity contribution in [1.29, 1.82) is 0 Å². The smallest absolute Gasteiger partial charge is 0.255 e. The summed E-state index contributed by atoms with van der Waals surface area (Å²) < 4.78 is 0. The van der Waals surface area contributed by atoms with E-state index in [0.29, 0.717) is 21.3 Å². The van der Waals surface area contributed by atoms with Crippen molar-refractivity contribution in [1.82, 2.24) is 0 Å². The van der Waals surface area contributed by atoms with Gasteiger partial charge in [-0.2, -0.15) is 0 Å². The third-order valence-electron chi connectivity index (χ3n) is 3.37. The van der Waals surface area contributed by atoms with Crippen LogP contribution in [0.3, 0.4) is 0 Å². The van der Waals surface area contributed by atoms with Crippen LogP contribution in [0.5, 0.6) is 0 Å². The van der Waals surface area contributed by atoms with E-state index >= 15 is 0 Å². The Morgan fingerprint density at radius 1 is 0.750 bits per heavy atom. The van der Waals surface area contributed by atoms with E-state index in [9.17, 15) is 4.79 Å². The van der Waals surface area contributed by atoms with Gasteiger partial charge in [0.2, 0.25) is 0 Å². The fraction of sp³-hybridized carbons (Fsp3) is 0. The molecule has 0 fully saturated rings. The summed E-state index contributed by atoms with van der Waals surface area (Å²) in [5, 5.41) is 3.70. The molecule has 0 saturated heterocycles. The number of nitrogens with one attached hydrogen (secondary N) is 1. The van der Waals surface area contributed by atoms with Crippen LogP contribution in [0.25, 0.3) is 11.1 Å². The summed E-state index contributed by atoms with van der Waals surface area (Å²) in [4.78, 5) is 12.2. The summed E-state index contributed by atoms with van der Waals surface area (Å²) in [6.07, 6.45) is 0. The van der Waals surface area contributed by atoms with E-state index in [2.05, 4.69) is 5.32 Å². The Bertz CT molecular complexity index is 815. The fourth-order valence-electron chi connectivity index (χ4n) is 2.26. The number of carbonyl (C=O) groups excluding carboxylic acids is 1. The fourth-order valence-corrected chi connectivity index (χ4v) is 2.79. The second kappa shape index (κ2) is 8.42. The molecule has 0 spiro atoms. The van der Waals surface area contributed by atoms with Gasteiger partial charge in [0.05, 0.1) is 0 Å². The van der Waals surface area contributed by atoms with Crippen LogP contribution < -0.4 is 5.32 Å². The van der Waals surface area contributed by atoms with E-state index in [0.717, 1.165) is 11.1 Å². The average Bonchev–Trinajstić information content (AvgIpc) is 2.55. The minimum absolute atomic E-state index is 0. The van der Waals surface area contributed by atoms with E-state index in [1.165, 1.54) is 0 Å². The summed E-state index contributed by atoms with van der Waals surface area (Å²) in [6, 6.07) is 22.5. The number of benzene rings is 3. The second-order valence-corrected chi connectivity index (χ2v) is 5.93.